The second kappa shape index (κ2) is 11.4. The summed E-state index contributed by atoms with van der Waals surface area (Å²) < 4.78 is 11.9. The highest BCUT2D eigenvalue weighted by molar-refractivity contribution is 6.05. The average Bonchev–Trinajstić information content (AvgIpc) is 3.12. The molecule has 1 heterocycles. The van der Waals surface area contributed by atoms with Gasteiger partial charge in [-0.05, 0) is 36.2 Å². The van der Waals surface area contributed by atoms with Crippen LogP contribution >= 0.6 is 0 Å². The molecule has 192 valence electrons. The first-order chi connectivity index (χ1) is 17.3. The van der Waals surface area contributed by atoms with E-state index in [1.165, 1.54) is 11.3 Å². The molecule has 0 bridgehead atoms. The van der Waals surface area contributed by atoms with Gasteiger partial charge in [0.2, 0.25) is 0 Å². The van der Waals surface area contributed by atoms with Crippen molar-refractivity contribution in [3.63, 3.8) is 0 Å². The maximum atomic E-state index is 13.5. The van der Waals surface area contributed by atoms with Gasteiger partial charge in [-0.2, -0.15) is 0 Å². The number of amides is 1. The third kappa shape index (κ3) is 5.54. The Morgan fingerprint density at radius 3 is 2.28 bits per heavy atom. The molecule has 2 aromatic carbocycles. The first-order valence-electron chi connectivity index (χ1n) is 13.0. The predicted molar refractivity (Wildman–Crippen MR) is 137 cm³/mol. The summed E-state index contributed by atoms with van der Waals surface area (Å²) >= 11 is 0. The van der Waals surface area contributed by atoms with Gasteiger partial charge in [0, 0.05) is 12.6 Å². The number of rotatable bonds is 8. The zero-order valence-corrected chi connectivity index (χ0v) is 21.6. The fourth-order valence-corrected chi connectivity index (χ4v) is 5.82. The molecule has 1 saturated heterocycles. The predicted octanol–water partition coefficient (Wildman–Crippen LogP) is 4.88. The lowest BCUT2D eigenvalue weighted by molar-refractivity contribution is -0.164. The normalized spacial score (nSPS) is 28.4. The van der Waals surface area contributed by atoms with Gasteiger partial charge in [-0.3, -0.25) is 9.59 Å². The van der Waals surface area contributed by atoms with Gasteiger partial charge in [-0.1, -0.05) is 87.9 Å². The molecule has 1 saturated carbocycles. The van der Waals surface area contributed by atoms with Crippen LogP contribution in [0.3, 0.4) is 0 Å². The van der Waals surface area contributed by atoms with Crippen LogP contribution in [-0.2, 0) is 19.1 Å². The highest BCUT2D eigenvalue weighted by atomic mass is 16.6. The van der Waals surface area contributed by atoms with Crippen molar-refractivity contribution < 1.29 is 23.9 Å². The quantitative estimate of drug-likeness (QED) is 0.389. The van der Waals surface area contributed by atoms with E-state index in [2.05, 4.69) is 20.8 Å². The van der Waals surface area contributed by atoms with E-state index in [0.29, 0.717) is 23.3 Å². The van der Waals surface area contributed by atoms with Gasteiger partial charge < -0.3 is 14.4 Å². The van der Waals surface area contributed by atoms with Gasteiger partial charge in [0.15, 0.2) is 11.9 Å². The number of likely N-dealkylation sites (tertiary alicyclic amines) is 1. The van der Waals surface area contributed by atoms with E-state index >= 15 is 0 Å². The number of likely N-dealkylation sites (N-methyl/N-ethyl adjacent to an activating group) is 1. The Kier molecular flexibility index (Phi) is 8.24. The van der Waals surface area contributed by atoms with E-state index in [-0.39, 0.29) is 24.4 Å². The van der Waals surface area contributed by atoms with Gasteiger partial charge in [0.1, 0.15) is 12.6 Å². The van der Waals surface area contributed by atoms with Gasteiger partial charge in [0.25, 0.3) is 5.91 Å². The van der Waals surface area contributed by atoms with Crippen molar-refractivity contribution in [3.8, 4) is 0 Å². The Labute approximate surface area is 214 Å². The van der Waals surface area contributed by atoms with Crippen molar-refractivity contribution in [3.05, 3.63) is 71.8 Å². The molecule has 0 unspecified atom stereocenters. The van der Waals surface area contributed by atoms with Crippen molar-refractivity contribution in [2.75, 3.05) is 13.7 Å². The Morgan fingerprint density at radius 2 is 1.64 bits per heavy atom. The Balaban J connectivity index is 1.53. The zero-order chi connectivity index (χ0) is 25.8. The van der Waals surface area contributed by atoms with Crippen LogP contribution in [0.2, 0.25) is 0 Å². The summed E-state index contributed by atoms with van der Waals surface area (Å²) in [6.07, 6.45) is 2.09. The number of carbonyl (C=O) groups excluding carboxylic acids is 3. The lowest BCUT2D eigenvalue weighted by Crippen LogP contribution is -2.38. The van der Waals surface area contributed by atoms with Crippen molar-refractivity contribution in [1.82, 2.24) is 4.90 Å². The summed E-state index contributed by atoms with van der Waals surface area (Å²) in [7, 11) is 1.60. The summed E-state index contributed by atoms with van der Waals surface area (Å²) in [6, 6.07) is 17.5. The lowest BCUT2D eigenvalue weighted by Gasteiger charge is -2.37. The zero-order valence-electron chi connectivity index (χ0n) is 21.6. The molecule has 1 aliphatic carbocycles. The molecule has 6 atom stereocenters. The van der Waals surface area contributed by atoms with E-state index in [4.69, 9.17) is 9.47 Å². The number of nitrogens with zero attached hydrogens (tertiary/aromatic N) is 1. The molecule has 2 aromatic rings. The number of esters is 1. The third-order valence-electron chi connectivity index (χ3n) is 7.82. The van der Waals surface area contributed by atoms with Crippen molar-refractivity contribution in [2.24, 2.45) is 17.8 Å². The van der Waals surface area contributed by atoms with Crippen molar-refractivity contribution in [1.29, 1.82) is 0 Å². The second-order valence-corrected chi connectivity index (χ2v) is 10.6. The summed E-state index contributed by atoms with van der Waals surface area (Å²) in [5.74, 6) is -0.314. The third-order valence-corrected chi connectivity index (χ3v) is 7.82. The van der Waals surface area contributed by atoms with Gasteiger partial charge in [0.05, 0.1) is 12.0 Å². The number of carbonyl (C=O) groups is 3. The number of hydrogen-bond acceptors (Lipinski definition) is 5. The van der Waals surface area contributed by atoms with E-state index in [9.17, 15) is 14.4 Å². The highest BCUT2D eigenvalue weighted by Gasteiger charge is 2.52. The number of ketones is 1. The molecular weight excluding hydrogens is 454 g/mol. The number of ether oxygens (including phenoxy) is 2. The minimum atomic E-state index is -1.09. The Bertz CT molecular complexity index is 1050. The van der Waals surface area contributed by atoms with Crippen molar-refractivity contribution in [2.45, 2.75) is 64.2 Å². The van der Waals surface area contributed by atoms with Gasteiger partial charge in [-0.25, -0.2) is 4.79 Å². The van der Waals surface area contributed by atoms with Crippen LogP contribution in [0.15, 0.2) is 60.7 Å². The van der Waals surface area contributed by atoms with E-state index < -0.39 is 24.0 Å². The fraction of sp³-hybridized carbons (Fsp3) is 0.500. The van der Waals surface area contributed by atoms with Crippen LogP contribution in [0.4, 0.5) is 0 Å². The topological polar surface area (TPSA) is 72.9 Å². The number of Topliss-reactive ketones (excluding diaryl/α,β-unsaturated/α-hetero) is 1. The van der Waals surface area contributed by atoms with Crippen LogP contribution in [0.1, 0.15) is 61.9 Å². The molecule has 6 heteroatoms. The molecule has 0 N–H and O–H groups in total. The fourth-order valence-electron chi connectivity index (χ4n) is 5.82. The smallest absolute Gasteiger partial charge is 0.332 e. The van der Waals surface area contributed by atoms with Crippen LogP contribution in [0.5, 0.6) is 0 Å². The lowest BCUT2D eigenvalue weighted by atomic mass is 9.75. The van der Waals surface area contributed by atoms with Crippen LogP contribution < -0.4 is 0 Å². The molecule has 4 rings (SSSR count). The standard InChI is InChI=1S/C30H37NO5/c1-19(2)23-16-15-20(3)17-24(23)35-18-25(32)36-29-26(21-11-7-5-8-12-21)27(31(4)30(29)34)28(33)22-13-9-6-10-14-22/h5-14,19-20,23-24,26-27,29H,15-18H2,1-4H3/t20-,23+,24-,26-,27-,29+/m1/s1. The second-order valence-electron chi connectivity index (χ2n) is 10.6. The summed E-state index contributed by atoms with van der Waals surface area (Å²) in [5, 5.41) is 0. The van der Waals surface area contributed by atoms with Crippen molar-refractivity contribution >= 4 is 17.7 Å². The number of hydrogen-bond donors (Lipinski definition) is 0. The summed E-state index contributed by atoms with van der Waals surface area (Å²) in [5.41, 5.74) is 1.30. The molecule has 1 aliphatic heterocycles. The van der Waals surface area contributed by atoms with Crippen LogP contribution in [0.25, 0.3) is 0 Å². The molecule has 1 amide bonds. The maximum absolute atomic E-state index is 13.5. The van der Waals surface area contributed by atoms with Gasteiger partial charge in [-0.15, -0.1) is 0 Å². The highest BCUT2D eigenvalue weighted by Crippen LogP contribution is 2.38. The number of benzene rings is 2. The molecule has 36 heavy (non-hydrogen) atoms. The van der Waals surface area contributed by atoms with Crippen LogP contribution in [-0.4, -0.2) is 54.5 Å². The Hall–Kier alpha value is -2.99. The monoisotopic (exact) mass is 491 g/mol. The molecule has 2 fully saturated rings. The first kappa shape index (κ1) is 26.1. The molecular formula is C30H37NO5. The molecule has 0 aromatic heterocycles. The average molecular weight is 492 g/mol. The largest absolute Gasteiger partial charge is 0.450 e. The minimum Gasteiger partial charge on any atom is -0.450 e. The molecule has 0 radical (unpaired) electrons. The van der Waals surface area contributed by atoms with E-state index in [1.54, 1.807) is 31.3 Å². The van der Waals surface area contributed by atoms with Gasteiger partial charge >= 0.3 is 5.97 Å². The molecule has 0 spiro atoms. The van der Waals surface area contributed by atoms with Crippen LogP contribution in [0, 0.1) is 17.8 Å². The summed E-state index contributed by atoms with van der Waals surface area (Å²) in [6.45, 7) is 6.40. The summed E-state index contributed by atoms with van der Waals surface area (Å²) in [4.78, 5) is 41.2. The first-order valence-corrected chi connectivity index (χ1v) is 13.0. The minimum absolute atomic E-state index is 0.000537. The van der Waals surface area contributed by atoms with E-state index in [1.807, 2.05) is 36.4 Å². The maximum Gasteiger partial charge on any atom is 0.332 e. The van der Waals surface area contributed by atoms with E-state index in [0.717, 1.165) is 18.4 Å². The molecule has 6 nitrogen and oxygen atoms in total. The SMILES string of the molecule is CC(C)[C@@H]1CC[C@@H](C)C[C@H]1OCC(=O)O[C@@H]1C(=O)N(C)[C@@H](C(=O)c2ccccc2)[C@H]1c1ccccc1. The molecule has 2 aliphatic rings. The Morgan fingerprint density at radius 1 is 1.00 bits per heavy atom.